The van der Waals surface area contributed by atoms with Crippen molar-refractivity contribution >= 4 is 22.9 Å². The molecular formula is C14H19N3OS. The maximum atomic E-state index is 12.0. The molecule has 0 aliphatic rings. The van der Waals surface area contributed by atoms with Crippen molar-refractivity contribution in [2.75, 3.05) is 5.32 Å². The first-order valence-corrected chi connectivity index (χ1v) is 7.30. The SMILES string of the molecule is Cc1[nH]nc(CC(C)C)c1NC(=O)Cc1cccs1. The average Bonchev–Trinajstić information content (AvgIpc) is 2.93. The number of aromatic amines is 1. The van der Waals surface area contributed by atoms with E-state index >= 15 is 0 Å². The fraction of sp³-hybridized carbons (Fsp3) is 0.429. The first-order chi connectivity index (χ1) is 9.06. The van der Waals surface area contributed by atoms with Crippen LogP contribution in [-0.2, 0) is 17.6 Å². The fourth-order valence-electron chi connectivity index (χ4n) is 1.93. The van der Waals surface area contributed by atoms with Gasteiger partial charge in [-0.05, 0) is 30.7 Å². The smallest absolute Gasteiger partial charge is 0.229 e. The molecule has 0 radical (unpaired) electrons. The molecule has 0 unspecified atom stereocenters. The van der Waals surface area contributed by atoms with Crippen molar-refractivity contribution in [1.82, 2.24) is 10.2 Å². The highest BCUT2D eigenvalue weighted by Gasteiger charge is 2.14. The first-order valence-electron chi connectivity index (χ1n) is 6.42. The Morgan fingerprint density at radius 2 is 2.32 bits per heavy atom. The van der Waals surface area contributed by atoms with E-state index in [2.05, 4.69) is 29.4 Å². The van der Waals surface area contributed by atoms with E-state index in [9.17, 15) is 4.79 Å². The summed E-state index contributed by atoms with van der Waals surface area (Å²) in [6.07, 6.45) is 1.28. The van der Waals surface area contributed by atoms with Crippen molar-refractivity contribution in [2.45, 2.75) is 33.6 Å². The molecule has 0 aliphatic heterocycles. The molecule has 4 nitrogen and oxygen atoms in total. The second-order valence-corrected chi connectivity index (χ2v) is 6.10. The summed E-state index contributed by atoms with van der Waals surface area (Å²) >= 11 is 1.60. The van der Waals surface area contributed by atoms with E-state index in [0.29, 0.717) is 12.3 Å². The number of nitrogens with zero attached hydrogens (tertiary/aromatic N) is 1. The van der Waals surface area contributed by atoms with Crippen LogP contribution >= 0.6 is 11.3 Å². The minimum Gasteiger partial charge on any atom is -0.323 e. The Kier molecular flexibility index (Phi) is 4.37. The number of carbonyl (C=O) groups is 1. The van der Waals surface area contributed by atoms with Crippen molar-refractivity contribution in [3.05, 3.63) is 33.8 Å². The highest BCUT2D eigenvalue weighted by Crippen LogP contribution is 2.21. The van der Waals surface area contributed by atoms with E-state index in [1.165, 1.54) is 0 Å². The Hall–Kier alpha value is -1.62. The molecule has 5 heteroatoms. The second-order valence-electron chi connectivity index (χ2n) is 5.07. The summed E-state index contributed by atoms with van der Waals surface area (Å²) in [5.41, 5.74) is 2.69. The highest BCUT2D eigenvalue weighted by molar-refractivity contribution is 7.10. The molecule has 19 heavy (non-hydrogen) atoms. The number of hydrogen-bond acceptors (Lipinski definition) is 3. The number of anilines is 1. The summed E-state index contributed by atoms with van der Waals surface area (Å²) in [6, 6.07) is 3.93. The van der Waals surface area contributed by atoms with Crippen molar-refractivity contribution in [3.8, 4) is 0 Å². The highest BCUT2D eigenvalue weighted by atomic mass is 32.1. The Labute approximate surface area is 117 Å². The molecule has 2 heterocycles. The molecule has 0 aliphatic carbocycles. The lowest BCUT2D eigenvalue weighted by molar-refractivity contribution is -0.115. The van der Waals surface area contributed by atoms with Gasteiger partial charge in [0.15, 0.2) is 0 Å². The summed E-state index contributed by atoms with van der Waals surface area (Å²) in [5, 5.41) is 12.2. The van der Waals surface area contributed by atoms with E-state index in [0.717, 1.165) is 28.4 Å². The van der Waals surface area contributed by atoms with Crippen molar-refractivity contribution in [2.24, 2.45) is 5.92 Å². The zero-order valence-electron chi connectivity index (χ0n) is 11.5. The van der Waals surface area contributed by atoms with Gasteiger partial charge in [0.1, 0.15) is 0 Å². The number of aromatic nitrogens is 2. The lowest BCUT2D eigenvalue weighted by atomic mass is 10.1. The minimum atomic E-state index is 0.0111. The van der Waals surface area contributed by atoms with Crippen LogP contribution in [0.3, 0.4) is 0 Å². The predicted octanol–water partition coefficient (Wildman–Crippen LogP) is 3.16. The number of carbonyl (C=O) groups excluding carboxylic acids is 1. The minimum absolute atomic E-state index is 0.0111. The Morgan fingerprint density at radius 3 is 2.95 bits per heavy atom. The van der Waals surface area contributed by atoms with Crippen LogP contribution in [0.1, 0.15) is 30.1 Å². The zero-order valence-corrected chi connectivity index (χ0v) is 12.3. The fourth-order valence-corrected chi connectivity index (χ4v) is 2.64. The summed E-state index contributed by atoms with van der Waals surface area (Å²) in [5.74, 6) is 0.521. The van der Waals surface area contributed by atoms with Gasteiger partial charge in [-0.25, -0.2) is 0 Å². The van der Waals surface area contributed by atoms with Gasteiger partial charge >= 0.3 is 0 Å². The molecule has 1 amide bonds. The van der Waals surface area contributed by atoms with Crippen LogP contribution in [0.5, 0.6) is 0 Å². The van der Waals surface area contributed by atoms with Crippen LogP contribution < -0.4 is 5.32 Å². The summed E-state index contributed by atoms with van der Waals surface area (Å²) in [6.45, 7) is 6.21. The van der Waals surface area contributed by atoms with E-state index in [1.54, 1.807) is 11.3 Å². The van der Waals surface area contributed by atoms with Gasteiger partial charge < -0.3 is 5.32 Å². The quantitative estimate of drug-likeness (QED) is 0.882. The molecular weight excluding hydrogens is 258 g/mol. The van der Waals surface area contributed by atoms with Gasteiger partial charge in [0.05, 0.1) is 23.5 Å². The molecule has 0 fully saturated rings. The van der Waals surface area contributed by atoms with Crippen LogP contribution in [0.25, 0.3) is 0 Å². The Balaban J connectivity index is 2.05. The van der Waals surface area contributed by atoms with Gasteiger partial charge in [-0.2, -0.15) is 5.10 Å². The third-order valence-electron chi connectivity index (χ3n) is 2.80. The van der Waals surface area contributed by atoms with E-state index in [1.807, 2.05) is 24.4 Å². The molecule has 0 aromatic carbocycles. The number of H-pyrrole nitrogens is 1. The van der Waals surface area contributed by atoms with Crippen molar-refractivity contribution < 1.29 is 4.79 Å². The molecule has 0 saturated heterocycles. The van der Waals surface area contributed by atoms with E-state index < -0.39 is 0 Å². The molecule has 2 aromatic heterocycles. The number of amides is 1. The van der Waals surface area contributed by atoms with Crippen LogP contribution in [0, 0.1) is 12.8 Å². The lowest BCUT2D eigenvalue weighted by Crippen LogP contribution is -2.15. The summed E-state index contributed by atoms with van der Waals surface area (Å²) in [7, 11) is 0. The molecule has 0 atom stereocenters. The molecule has 2 aromatic rings. The monoisotopic (exact) mass is 277 g/mol. The van der Waals surface area contributed by atoms with Gasteiger partial charge in [0.25, 0.3) is 0 Å². The molecule has 2 rings (SSSR count). The van der Waals surface area contributed by atoms with Crippen LogP contribution in [0.2, 0.25) is 0 Å². The van der Waals surface area contributed by atoms with Crippen molar-refractivity contribution in [3.63, 3.8) is 0 Å². The summed E-state index contributed by atoms with van der Waals surface area (Å²) < 4.78 is 0. The van der Waals surface area contributed by atoms with Gasteiger partial charge in [-0.15, -0.1) is 11.3 Å². The van der Waals surface area contributed by atoms with Crippen LogP contribution in [0.4, 0.5) is 5.69 Å². The Bertz CT molecular complexity index is 543. The van der Waals surface area contributed by atoms with Crippen LogP contribution in [-0.4, -0.2) is 16.1 Å². The lowest BCUT2D eigenvalue weighted by Gasteiger charge is -2.07. The second kappa shape index (κ2) is 6.02. The molecule has 0 spiro atoms. The maximum absolute atomic E-state index is 12.0. The topological polar surface area (TPSA) is 57.8 Å². The first kappa shape index (κ1) is 13.8. The van der Waals surface area contributed by atoms with Crippen LogP contribution in [0.15, 0.2) is 17.5 Å². The normalized spacial score (nSPS) is 10.9. The molecule has 0 saturated carbocycles. The van der Waals surface area contributed by atoms with Gasteiger partial charge in [-0.1, -0.05) is 19.9 Å². The van der Waals surface area contributed by atoms with E-state index in [4.69, 9.17) is 0 Å². The van der Waals surface area contributed by atoms with Gasteiger partial charge in [0, 0.05) is 4.88 Å². The number of thiophene rings is 1. The van der Waals surface area contributed by atoms with Crippen molar-refractivity contribution in [1.29, 1.82) is 0 Å². The number of nitrogens with one attached hydrogen (secondary N) is 2. The van der Waals surface area contributed by atoms with Gasteiger partial charge in [0.2, 0.25) is 5.91 Å². The molecule has 0 bridgehead atoms. The third-order valence-corrected chi connectivity index (χ3v) is 3.68. The predicted molar refractivity (Wildman–Crippen MR) is 78.5 cm³/mol. The maximum Gasteiger partial charge on any atom is 0.229 e. The number of aryl methyl sites for hydroxylation is 1. The Morgan fingerprint density at radius 1 is 1.53 bits per heavy atom. The average molecular weight is 277 g/mol. The summed E-state index contributed by atoms with van der Waals surface area (Å²) in [4.78, 5) is 13.1. The number of rotatable bonds is 5. The zero-order chi connectivity index (χ0) is 13.8. The van der Waals surface area contributed by atoms with E-state index in [-0.39, 0.29) is 5.91 Å². The standard InChI is InChI=1S/C14H19N3OS/c1-9(2)7-12-14(10(3)16-17-12)15-13(18)8-11-5-4-6-19-11/h4-6,9H,7-8H2,1-3H3,(H,15,18)(H,16,17). The molecule has 2 N–H and O–H groups in total. The molecule has 102 valence electrons. The van der Waals surface area contributed by atoms with Gasteiger partial charge in [-0.3, -0.25) is 9.89 Å². The largest absolute Gasteiger partial charge is 0.323 e. The number of hydrogen-bond donors (Lipinski definition) is 2. The third kappa shape index (κ3) is 3.67.